The number of aliphatic hydroxyl groups is 1. The Kier molecular flexibility index (Phi) is 3.47. The molecule has 1 fully saturated rings. The summed E-state index contributed by atoms with van der Waals surface area (Å²) in [6, 6.07) is 4.51. The first-order valence-electron chi connectivity index (χ1n) is 5.53. The van der Waals surface area contributed by atoms with Crippen LogP contribution in [0.15, 0.2) is 23.1 Å². The Bertz CT molecular complexity index is 538. The normalized spacial score (nSPS) is 17.4. The minimum atomic E-state index is -3.59. The Morgan fingerprint density at radius 1 is 1.50 bits per heavy atom. The van der Waals surface area contributed by atoms with Crippen LogP contribution in [0.1, 0.15) is 0 Å². The third-order valence-electron chi connectivity index (χ3n) is 2.99. The van der Waals surface area contributed by atoms with E-state index in [0.29, 0.717) is 18.8 Å². The molecule has 0 spiro atoms. The van der Waals surface area contributed by atoms with Crippen LogP contribution >= 0.6 is 0 Å². The van der Waals surface area contributed by atoms with Crippen molar-refractivity contribution in [3.8, 4) is 5.75 Å². The number of sulfonamides is 1. The van der Waals surface area contributed by atoms with Gasteiger partial charge in [-0.1, -0.05) is 0 Å². The van der Waals surface area contributed by atoms with Crippen LogP contribution in [0.4, 0.5) is 5.69 Å². The molecular formula is C11H16N2O4S. The van der Waals surface area contributed by atoms with Crippen molar-refractivity contribution in [3.05, 3.63) is 18.2 Å². The lowest BCUT2D eigenvalue weighted by atomic mass is 10.1. The molecule has 1 heterocycles. The van der Waals surface area contributed by atoms with Gasteiger partial charge in [-0.2, -0.15) is 4.31 Å². The van der Waals surface area contributed by atoms with Crippen LogP contribution in [0, 0.1) is 5.92 Å². The highest BCUT2D eigenvalue weighted by Crippen LogP contribution is 2.32. The number of methoxy groups -OCH3 is 1. The zero-order valence-electron chi connectivity index (χ0n) is 10.0. The van der Waals surface area contributed by atoms with E-state index >= 15 is 0 Å². The van der Waals surface area contributed by atoms with E-state index in [2.05, 4.69) is 0 Å². The lowest BCUT2D eigenvalue weighted by molar-refractivity contribution is 0.117. The first-order chi connectivity index (χ1) is 8.48. The van der Waals surface area contributed by atoms with Gasteiger partial charge < -0.3 is 15.6 Å². The van der Waals surface area contributed by atoms with Gasteiger partial charge in [0.25, 0.3) is 0 Å². The number of nitrogens with two attached hydrogens (primary N) is 1. The molecule has 6 nitrogen and oxygen atoms in total. The number of ether oxygens (including phenoxy) is 1. The van der Waals surface area contributed by atoms with E-state index < -0.39 is 10.0 Å². The number of nitrogens with zero attached hydrogens (tertiary/aromatic N) is 1. The number of hydrogen-bond donors (Lipinski definition) is 2. The highest BCUT2D eigenvalue weighted by atomic mass is 32.2. The van der Waals surface area contributed by atoms with Crippen LogP contribution in [0.5, 0.6) is 5.75 Å². The maximum Gasteiger partial charge on any atom is 0.246 e. The summed E-state index contributed by atoms with van der Waals surface area (Å²) >= 11 is 0. The third kappa shape index (κ3) is 2.16. The highest BCUT2D eigenvalue weighted by Gasteiger charge is 2.37. The minimum absolute atomic E-state index is 0.0000828. The molecule has 0 aliphatic carbocycles. The van der Waals surface area contributed by atoms with E-state index in [-0.39, 0.29) is 23.2 Å². The predicted molar refractivity (Wildman–Crippen MR) is 66.7 cm³/mol. The SMILES string of the molecule is COc1ccc(N)cc1S(=O)(=O)N1CC(CO)C1. The summed E-state index contributed by atoms with van der Waals surface area (Å²) in [5, 5.41) is 8.92. The molecule has 18 heavy (non-hydrogen) atoms. The number of nitrogen functional groups attached to an aromatic ring is 1. The van der Waals surface area contributed by atoms with Gasteiger partial charge in [-0.05, 0) is 18.2 Å². The van der Waals surface area contributed by atoms with Crippen molar-refractivity contribution >= 4 is 15.7 Å². The Labute approximate surface area is 106 Å². The van der Waals surface area contributed by atoms with E-state index in [1.807, 2.05) is 0 Å². The predicted octanol–water partition coefficient (Wildman–Crippen LogP) is -0.110. The van der Waals surface area contributed by atoms with Gasteiger partial charge in [0.2, 0.25) is 10.0 Å². The Morgan fingerprint density at radius 2 is 2.17 bits per heavy atom. The van der Waals surface area contributed by atoms with Crippen LogP contribution in [-0.4, -0.2) is 44.6 Å². The lowest BCUT2D eigenvalue weighted by Crippen LogP contribution is -2.51. The number of hydrogen-bond acceptors (Lipinski definition) is 5. The molecule has 1 aliphatic rings. The maximum atomic E-state index is 12.3. The Morgan fingerprint density at radius 3 is 2.72 bits per heavy atom. The van der Waals surface area contributed by atoms with Gasteiger partial charge in [-0.3, -0.25) is 0 Å². The lowest BCUT2D eigenvalue weighted by Gasteiger charge is -2.37. The molecule has 0 saturated carbocycles. The first kappa shape index (κ1) is 13.1. The number of anilines is 1. The van der Waals surface area contributed by atoms with Gasteiger partial charge in [0.1, 0.15) is 10.6 Å². The van der Waals surface area contributed by atoms with Gasteiger partial charge in [0.15, 0.2) is 0 Å². The summed E-state index contributed by atoms with van der Waals surface area (Å²) in [4.78, 5) is 0.0707. The fourth-order valence-electron chi connectivity index (χ4n) is 1.87. The molecule has 3 N–H and O–H groups in total. The summed E-state index contributed by atoms with van der Waals surface area (Å²) < 4.78 is 31.0. The highest BCUT2D eigenvalue weighted by molar-refractivity contribution is 7.89. The van der Waals surface area contributed by atoms with Gasteiger partial charge in [0.05, 0.1) is 7.11 Å². The van der Waals surface area contributed by atoms with Crippen molar-refractivity contribution < 1.29 is 18.3 Å². The van der Waals surface area contributed by atoms with Crippen molar-refractivity contribution in [1.82, 2.24) is 4.31 Å². The van der Waals surface area contributed by atoms with E-state index in [9.17, 15) is 8.42 Å². The van der Waals surface area contributed by atoms with Gasteiger partial charge in [-0.25, -0.2) is 8.42 Å². The van der Waals surface area contributed by atoms with E-state index in [1.165, 1.54) is 23.5 Å². The van der Waals surface area contributed by atoms with E-state index in [1.54, 1.807) is 6.07 Å². The van der Waals surface area contributed by atoms with Crippen molar-refractivity contribution in [1.29, 1.82) is 0 Å². The van der Waals surface area contributed by atoms with Gasteiger partial charge in [0, 0.05) is 31.3 Å². The molecule has 100 valence electrons. The molecule has 7 heteroatoms. The Balaban J connectivity index is 2.33. The molecule has 0 bridgehead atoms. The second kappa shape index (κ2) is 4.75. The van der Waals surface area contributed by atoms with E-state index in [4.69, 9.17) is 15.6 Å². The summed E-state index contributed by atoms with van der Waals surface area (Å²) in [5.41, 5.74) is 5.98. The zero-order valence-corrected chi connectivity index (χ0v) is 10.9. The third-order valence-corrected chi connectivity index (χ3v) is 4.84. The summed E-state index contributed by atoms with van der Waals surface area (Å²) in [7, 11) is -2.18. The topological polar surface area (TPSA) is 92.9 Å². The van der Waals surface area contributed by atoms with E-state index in [0.717, 1.165) is 0 Å². The molecule has 0 amide bonds. The van der Waals surface area contributed by atoms with Crippen LogP contribution in [0.25, 0.3) is 0 Å². The van der Waals surface area contributed by atoms with Crippen molar-refractivity contribution in [3.63, 3.8) is 0 Å². The van der Waals surface area contributed by atoms with Crippen LogP contribution in [-0.2, 0) is 10.0 Å². The molecule has 1 aromatic carbocycles. The smallest absolute Gasteiger partial charge is 0.246 e. The molecule has 1 aliphatic heterocycles. The Hall–Kier alpha value is -1.31. The molecule has 1 saturated heterocycles. The summed E-state index contributed by atoms with van der Waals surface area (Å²) in [6.07, 6.45) is 0. The fraction of sp³-hybridized carbons (Fsp3) is 0.455. The zero-order chi connectivity index (χ0) is 13.3. The quantitative estimate of drug-likeness (QED) is 0.746. The van der Waals surface area contributed by atoms with Crippen molar-refractivity contribution in [2.45, 2.75) is 4.90 Å². The molecular weight excluding hydrogens is 256 g/mol. The molecule has 0 radical (unpaired) electrons. The second-order valence-corrected chi connectivity index (χ2v) is 6.19. The summed E-state index contributed by atoms with van der Waals surface area (Å²) in [5.74, 6) is 0.295. The largest absolute Gasteiger partial charge is 0.495 e. The molecule has 2 rings (SSSR count). The average Bonchev–Trinajstić information content (AvgIpc) is 2.27. The number of benzene rings is 1. The van der Waals surface area contributed by atoms with Crippen molar-refractivity contribution in [2.75, 3.05) is 32.5 Å². The molecule has 0 aromatic heterocycles. The number of aliphatic hydroxyl groups excluding tert-OH is 1. The van der Waals surface area contributed by atoms with Crippen LogP contribution in [0.2, 0.25) is 0 Å². The van der Waals surface area contributed by atoms with Gasteiger partial charge >= 0.3 is 0 Å². The molecule has 1 aromatic rings. The first-order valence-corrected chi connectivity index (χ1v) is 6.97. The fourth-order valence-corrected chi connectivity index (χ4v) is 3.65. The standard InChI is InChI=1S/C11H16N2O4S/c1-17-10-3-2-9(12)4-11(10)18(15,16)13-5-8(6-13)7-14/h2-4,8,14H,5-7,12H2,1H3. The van der Waals surface area contributed by atoms with Crippen LogP contribution < -0.4 is 10.5 Å². The minimum Gasteiger partial charge on any atom is -0.495 e. The maximum absolute atomic E-state index is 12.3. The molecule has 0 atom stereocenters. The number of rotatable bonds is 4. The average molecular weight is 272 g/mol. The van der Waals surface area contributed by atoms with Crippen LogP contribution in [0.3, 0.4) is 0 Å². The second-order valence-electron chi connectivity index (χ2n) is 4.28. The van der Waals surface area contributed by atoms with Gasteiger partial charge in [-0.15, -0.1) is 0 Å². The monoisotopic (exact) mass is 272 g/mol. The molecule has 0 unspecified atom stereocenters. The summed E-state index contributed by atoms with van der Waals surface area (Å²) in [6.45, 7) is 0.660. The van der Waals surface area contributed by atoms with Crippen molar-refractivity contribution in [2.24, 2.45) is 5.92 Å².